The fourth-order valence-electron chi connectivity index (χ4n) is 1.92. The maximum Gasteiger partial charge on any atom is 0.185 e. The molecule has 5 nitrogen and oxygen atoms in total. The van der Waals surface area contributed by atoms with Crippen LogP contribution in [0.3, 0.4) is 0 Å². The van der Waals surface area contributed by atoms with Crippen molar-refractivity contribution in [3.8, 4) is 0 Å². The standard InChI is InChI=1S/C11H22O5P2/c1-2-5-10(12)11(17-13-6-3-7-14-17)18-15-8-4-9-16-18/h10-12H,2-9H2,1H3. The molecule has 0 aromatic carbocycles. The Kier molecular flexibility index (Phi) is 6.74. The average molecular weight is 296 g/mol. The van der Waals surface area contributed by atoms with E-state index in [4.69, 9.17) is 18.1 Å². The van der Waals surface area contributed by atoms with E-state index in [-0.39, 0.29) is 5.40 Å². The van der Waals surface area contributed by atoms with Crippen LogP contribution in [0.1, 0.15) is 32.6 Å². The van der Waals surface area contributed by atoms with Gasteiger partial charge in [-0.1, -0.05) is 13.3 Å². The minimum atomic E-state index is -1.08. The van der Waals surface area contributed by atoms with E-state index >= 15 is 0 Å². The molecule has 0 radical (unpaired) electrons. The van der Waals surface area contributed by atoms with Crippen molar-refractivity contribution in [3.05, 3.63) is 0 Å². The van der Waals surface area contributed by atoms with Crippen molar-refractivity contribution in [1.29, 1.82) is 0 Å². The highest BCUT2D eigenvalue weighted by atomic mass is 31.2. The van der Waals surface area contributed by atoms with Gasteiger partial charge in [-0.15, -0.1) is 0 Å². The third kappa shape index (κ3) is 4.08. The van der Waals surface area contributed by atoms with E-state index in [2.05, 4.69) is 6.92 Å². The van der Waals surface area contributed by atoms with Gasteiger partial charge in [0, 0.05) is 0 Å². The molecule has 2 aliphatic heterocycles. The van der Waals surface area contributed by atoms with Gasteiger partial charge >= 0.3 is 0 Å². The Balaban J connectivity index is 2.00. The Morgan fingerprint density at radius 3 is 1.78 bits per heavy atom. The van der Waals surface area contributed by atoms with Crippen LogP contribution in [-0.2, 0) is 18.1 Å². The molecule has 106 valence electrons. The minimum Gasteiger partial charge on any atom is -0.392 e. The minimum absolute atomic E-state index is 0.129. The maximum absolute atomic E-state index is 10.3. The molecule has 0 aromatic heterocycles. The van der Waals surface area contributed by atoms with Crippen molar-refractivity contribution < 1.29 is 23.2 Å². The third-order valence-corrected chi connectivity index (χ3v) is 7.24. The number of hydrogen-bond acceptors (Lipinski definition) is 5. The summed E-state index contributed by atoms with van der Waals surface area (Å²) >= 11 is 0. The maximum atomic E-state index is 10.3. The predicted octanol–water partition coefficient (Wildman–Crippen LogP) is 2.97. The van der Waals surface area contributed by atoms with Crippen molar-refractivity contribution in [3.63, 3.8) is 0 Å². The van der Waals surface area contributed by atoms with Crippen molar-refractivity contribution >= 4 is 16.8 Å². The molecule has 2 rings (SSSR count). The zero-order chi connectivity index (χ0) is 12.8. The lowest BCUT2D eigenvalue weighted by Gasteiger charge is -2.37. The summed E-state index contributed by atoms with van der Waals surface area (Å²) in [6, 6.07) is 0. The number of rotatable bonds is 5. The number of aliphatic hydroxyl groups excluding tert-OH is 1. The van der Waals surface area contributed by atoms with Crippen molar-refractivity contribution in [2.24, 2.45) is 0 Å². The lowest BCUT2D eigenvalue weighted by atomic mass is 10.2. The number of aliphatic hydroxyl groups is 1. The first-order valence-electron chi connectivity index (χ1n) is 6.61. The third-order valence-electron chi connectivity index (χ3n) is 2.81. The van der Waals surface area contributed by atoms with E-state index in [1.54, 1.807) is 0 Å². The Hall–Kier alpha value is 0.660. The van der Waals surface area contributed by atoms with Gasteiger partial charge < -0.3 is 23.2 Å². The molecular formula is C11H22O5P2. The Morgan fingerprint density at radius 1 is 0.944 bits per heavy atom. The summed E-state index contributed by atoms with van der Waals surface area (Å²) in [6.45, 7) is 4.91. The lowest BCUT2D eigenvalue weighted by Crippen LogP contribution is -2.29. The van der Waals surface area contributed by atoms with E-state index in [9.17, 15) is 5.11 Å². The van der Waals surface area contributed by atoms with Crippen LogP contribution < -0.4 is 0 Å². The summed E-state index contributed by atoms with van der Waals surface area (Å²) in [7, 11) is -2.16. The fourth-order valence-corrected chi connectivity index (χ4v) is 6.19. The van der Waals surface area contributed by atoms with Crippen molar-refractivity contribution in [2.45, 2.75) is 44.1 Å². The molecule has 2 fully saturated rings. The molecule has 1 N–H and O–H groups in total. The Labute approximate surface area is 111 Å². The van der Waals surface area contributed by atoms with Crippen molar-refractivity contribution in [1.82, 2.24) is 0 Å². The molecule has 0 aliphatic carbocycles. The van der Waals surface area contributed by atoms with Gasteiger partial charge in [0.25, 0.3) is 0 Å². The summed E-state index contributed by atoms with van der Waals surface area (Å²) in [4.78, 5) is 0. The normalized spacial score (nSPS) is 25.5. The molecule has 0 aromatic rings. The highest BCUT2D eigenvalue weighted by Gasteiger charge is 2.41. The molecule has 0 amide bonds. The van der Waals surface area contributed by atoms with Crippen LogP contribution in [-0.4, -0.2) is 43.0 Å². The molecule has 2 saturated heterocycles. The monoisotopic (exact) mass is 296 g/mol. The topological polar surface area (TPSA) is 57.2 Å². The van der Waals surface area contributed by atoms with Crippen LogP contribution in [0.5, 0.6) is 0 Å². The van der Waals surface area contributed by atoms with E-state index in [1.807, 2.05) is 0 Å². The summed E-state index contributed by atoms with van der Waals surface area (Å²) in [5.41, 5.74) is 0. The quantitative estimate of drug-likeness (QED) is 0.790. The first kappa shape index (κ1) is 15.1. The first-order valence-corrected chi connectivity index (χ1v) is 9.10. The molecule has 1 atom stereocenters. The smallest absolute Gasteiger partial charge is 0.185 e. The first-order chi connectivity index (χ1) is 8.83. The van der Waals surface area contributed by atoms with Gasteiger partial charge in [0.2, 0.25) is 0 Å². The molecule has 7 heteroatoms. The predicted molar refractivity (Wildman–Crippen MR) is 71.6 cm³/mol. The van der Waals surface area contributed by atoms with Crippen LogP contribution in [0.4, 0.5) is 0 Å². The second-order valence-corrected chi connectivity index (χ2v) is 8.07. The van der Waals surface area contributed by atoms with Gasteiger partial charge in [-0.05, 0) is 19.3 Å². The Bertz CT molecular complexity index is 213. The van der Waals surface area contributed by atoms with E-state index in [0.717, 1.165) is 25.7 Å². The largest absolute Gasteiger partial charge is 0.392 e. The molecule has 0 spiro atoms. The Morgan fingerprint density at radius 2 is 1.39 bits per heavy atom. The van der Waals surface area contributed by atoms with Gasteiger partial charge in [-0.2, -0.15) is 0 Å². The van der Waals surface area contributed by atoms with Crippen LogP contribution in [0.25, 0.3) is 0 Å². The molecule has 0 bridgehead atoms. The second-order valence-electron chi connectivity index (χ2n) is 4.38. The highest BCUT2D eigenvalue weighted by Crippen LogP contribution is 2.64. The van der Waals surface area contributed by atoms with Gasteiger partial charge in [-0.25, -0.2) is 0 Å². The highest BCUT2D eigenvalue weighted by molar-refractivity contribution is 7.66. The zero-order valence-electron chi connectivity index (χ0n) is 10.8. The summed E-state index contributed by atoms with van der Waals surface area (Å²) < 4.78 is 22.8. The molecule has 2 heterocycles. The lowest BCUT2D eigenvalue weighted by molar-refractivity contribution is 0.123. The number of hydrogen-bond donors (Lipinski definition) is 1. The van der Waals surface area contributed by atoms with E-state index in [1.165, 1.54) is 0 Å². The molecular weight excluding hydrogens is 274 g/mol. The van der Waals surface area contributed by atoms with Crippen molar-refractivity contribution in [2.75, 3.05) is 26.4 Å². The molecule has 2 aliphatic rings. The zero-order valence-corrected chi connectivity index (χ0v) is 12.6. The summed E-state index contributed by atoms with van der Waals surface area (Å²) in [5.74, 6) is 0. The summed E-state index contributed by atoms with van der Waals surface area (Å²) in [5, 5.41) is 10.2. The summed E-state index contributed by atoms with van der Waals surface area (Å²) in [6.07, 6.45) is 3.07. The van der Waals surface area contributed by atoms with Crippen LogP contribution >= 0.6 is 16.8 Å². The van der Waals surface area contributed by atoms with Crippen LogP contribution in [0.2, 0.25) is 0 Å². The SMILES string of the molecule is CCCC(O)C(P1OCCCO1)P1OCCCO1. The average Bonchev–Trinajstić information content (AvgIpc) is 2.42. The van der Waals surface area contributed by atoms with E-state index < -0.39 is 22.9 Å². The molecule has 1 unspecified atom stereocenters. The van der Waals surface area contributed by atoms with Gasteiger partial charge in [0.05, 0.1) is 32.5 Å². The van der Waals surface area contributed by atoms with Gasteiger partial charge in [0.1, 0.15) is 5.40 Å². The second kappa shape index (κ2) is 8.06. The van der Waals surface area contributed by atoms with Crippen LogP contribution in [0, 0.1) is 0 Å². The van der Waals surface area contributed by atoms with Gasteiger partial charge in [0.15, 0.2) is 16.8 Å². The van der Waals surface area contributed by atoms with Crippen LogP contribution in [0.15, 0.2) is 0 Å². The molecule has 0 saturated carbocycles. The van der Waals surface area contributed by atoms with Gasteiger partial charge in [-0.3, -0.25) is 0 Å². The fraction of sp³-hybridized carbons (Fsp3) is 1.00. The molecule has 18 heavy (non-hydrogen) atoms. The van der Waals surface area contributed by atoms with E-state index in [0.29, 0.717) is 26.4 Å².